The van der Waals surface area contributed by atoms with Gasteiger partial charge in [0.1, 0.15) is 5.75 Å². The number of rotatable bonds is 3. The van der Waals surface area contributed by atoms with Crippen LogP contribution in [0.5, 0.6) is 17.2 Å². The second-order valence-electron chi connectivity index (χ2n) is 4.07. The molecule has 0 heterocycles. The summed E-state index contributed by atoms with van der Waals surface area (Å²) in [4.78, 5) is 0. The number of aryl methyl sites for hydroxylation is 2. The smallest absolute Gasteiger partial charge is 0.169 e. The summed E-state index contributed by atoms with van der Waals surface area (Å²) in [6, 6.07) is 13.8. The van der Waals surface area contributed by atoms with Crippen LogP contribution in [0.15, 0.2) is 42.5 Å². The molecule has 0 atom stereocenters. The number of hydrogen-bond acceptors (Lipinski definition) is 2. The van der Waals surface area contributed by atoms with Gasteiger partial charge in [0, 0.05) is 0 Å². The molecule has 0 fully saturated rings. The Bertz CT molecular complexity index is 501. The van der Waals surface area contributed by atoms with E-state index in [-0.39, 0.29) is 0 Å². The summed E-state index contributed by atoms with van der Waals surface area (Å²) in [6.45, 7) is 8.08. The topological polar surface area (TPSA) is 18.5 Å². The van der Waals surface area contributed by atoms with Gasteiger partial charge in [0.15, 0.2) is 11.5 Å². The van der Waals surface area contributed by atoms with Crippen molar-refractivity contribution in [1.29, 1.82) is 0 Å². The van der Waals surface area contributed by atoms with Gasteiger partial charge >= 0.3 is 0 Å². The first-order valence-corrected chi connectivity index (χ1v) is 6.58. The Morgan fingerprint density at radius 2 is 1.32 bits per heavy atom. The summed E-state index contributed by atoms with van der Waals surface area (Å²) in [5.74, 6) is 2.31. The third-order valence-electron chi connectivity index (χ3n) is 2.57. The summed E-state index contributed by atoms with van der Waals surface area (Å²) in [5, 5.41) is 0. The third-order valence-corrected chi connectivity index (χ3v) is 2.57. The van der Waals surface area contributed by atoms with Gasteiger partial charge in [-0.25, -0.2) is 0 Å². The monoisotopic (exact) mass is 258 g/mol. The van der Waals surface area contributed by atoms with E-state index in [0.29, 0.717) is 0 Å². The lowest BCUT2D eigenvalue weighted by atomic mass is 10.2. The minimum atomic E-state index is 0.746. The fourth-order valence-corrected chi connectivity index (χ4v) is 1.60. The lowest BCUT2D eigenvalue weighted by molar-refractivity contribution is 0.378. The summed E-state index contributed by atoms with van der Waals surface area (Å²) in [5.41, 5.74) is 2.36. The molecule has 2 heteroatoms. The lowest BCUT2D eigenvalue weighted by Crippen LogP contribution is -1.91. The molecule has 2 rings (SSSR count). The highest BCUT2D eigenvalue weighted by Gasteiger charge is 2.05. The Kier molecular flexibility index (Phi) is 5.94. The second-order valence-corrected chi connectivity index (χ2v) is 4.07. The second kappa shape index (κ2) is 7.47. The normalized spacial score (nSPS) is 9.32. The van der Waals surface area contributed by atoms with Crippen LogP contribution in [0.3, 0.4) is 0 Å². The molecule has 0 radical (unpaired) electrons. The molecule has 0 unspecified atom stereocenters. The molecule has 0 saturated carbocycles. The molecule has 0 bridgehead atoms. The predicted molar refractivity (Wildman–Crippen MR) is 80.3 cm³/mol. The number of benzene rings is 2. The van der Waals surface area contributed by atoms with Crippen LogP contribution < -0.4 is 9.47 Å². The van der Waals surface area contributed by atoms with Crippen molar-refractivity contribution in [1.82, 2.24) is 0 Å². The van der Waals surface area contributed by atoms with E-state index in [4.69, 9.17) is 9.47 Å². The summed E-state index contributed by atoms with van der Waals surface area (Å²) in [7, 11) is 1.65. The van der Waals surface area contributed by atoms with Crippen molar-refractivity contribution in [3.8, 4) is 17.2 Å². The standard InChI is InChI=1S/C15H16O2.C2H6/c1-11-4-7-13(8-5-11)17-15-10-12(2)6-9-14(15)16-3;1-2/h4-10H,1-3H3;1-2H3. The van der Waals surface area contributed by atoms with Gasteiger partial charge < -0.3 is 9.47 Å². The largest absolute Gasteiger partial charge is 0.493 e. The first kappa shape index (κ1) is 15.1. The van der Waals surface area contributed by atoms with Gasteiger partial charge in [-0.1, -0.05) is 37.6 Å². The third kappa shape index (κ3) is 4.32. The first-order chi connectivity index (χ1) is 9.19. The molecule has 19 heavy (non-hydrogen) atoms. The minimum Gasteiger partial charge on any atom is -0.493 e. The Balaban J connectivity index is 0.000000861. The highest BCUT2D eigenvalue weighted by molar-refractivity contribution is 5.45. The van der Waals surface area contributed by atoms with Crippen molar-refractivity contribution in [3.63, 3.8) is 0 Å². The molecule has 2 nitrogen and oxygen atoms in total. The van der Waals surface area contributed by atoms with E-state index in [1.165, 1.54) is 5.56 Å². The molecule has 0 spiro atoms. The van der Waals surface area contributed by atoms with Gasteiger partial charge in [-0.05, 0) is 43.7 Å². The van der Waals surface area contributed by atoms with E-state index in [0.717, 1.165) is 22.8 Å². The number of ether oxygens (including phenoxy) is 2. The molecule has 0 saturated heterocycles. The van der Waals surface area contributed by atoms with Crippen LogP contribution in [-0.2, 0) is 0 Å². The molecule has 0 aliphatic carbocycles. The van der Waals surface area contributed by atoms with E-state index in [9.17, 15) is 0 Å². The van der Waals surface area contributed by atoms with Crippen LogP contribution in [0, 0.1) is 13.8 Å². The summed E-state index contributed by atoms with van der Waals surface area (Å²) >= 11 is 0. The zero-order valence-corrected chi connectivity index (χ0v) is 12.4. The lowest BCUT2D eigenvalue weighted by Gasteiger charge is -2.11. The average Bonchev–Trinajstić information content (AvgIpc) is 2.44. The van der Waals surface area contributed by atoms with Crippen molar-refractivity contribution in [2.75, 3.05) is 7.11 Å². The van der Waals surface area contributed by atoms with Crippen molar-refractivity contribution in [2.24, 2.45) is 0 Å². The predicted octanol–water partition coefficient (Wildman–Crippen LogP) is 5.13. The van der Waals surface area contributed by atoms with E-state index in [2.05, 4.69) is 6.92 Å². The van der Waals surface area contributed by atoms with Crippen LogP contribution in [0.1, 0.15) is 25.0 Å². The molecular weight excluding hydrogens is 236 g/mol. The zero-order chi connectivity index (χ0) is 14.3. The maximum absolute atomic E-state index is 5.81. The van der Waals surface area contributed by atoms with Crippen LogP contribution in [0.25, 0.3) is 0 Å². The Hall–Kier alpha value is -1.96. The van der Waals surface area contributed by atoms with Crippen LogP contribution in [0.2, 0.25) is 0 Å². The molecule has 0 N–H and O–H groups in total. The molecule has 2 aromatic rings. The molecule has 2 aromatic carbocycles. The maximum Gasteiger partial charge on any atom is 0.169 e. The van der Waals surface area contributed by atoms with E-state index in [1.807, 2.05) is 63.2 Å². The van der Waals surface area contributed by atoms with Gasteiger partial charge in [-0.3, -0.25) is 0 Å². The Morgan fingerprint density at radius 1 is 0.737 bits per heavy atom. The fourth-order valence-electron chi connectivity index (χ4n) is 1.60. The van der Waals surface area contributed by atoms with E-state index in [1.54, 1.807) is 7.11 Å². The summed E-state index contributed by atoms with van der Waals surface area (Å²) < 4.78 is 11.1. The van der Waals surface area contributed by atoms with Crippen LogP contribution in [0.4, 0.5) is 0 Å². The molecule has 0 aliphatic rings. The maximum atomic E-state index is 5.81. The van der Waals surface area contributed by atoms with E-state index >= 15 is 0 Å². The van der Waals surface area contributed by atoms with Crippen LogP contribution in [-0.4, -0.2) is 7.11 Å². The first-order valence-electron chi connectivity index (χ1n) is 6.58. The fraction of sp³-hybridized carbons (Fsp3) is 0.294. The molecule has 0 aromatic heterocycles. The molecule has 0 amide bonds. The summed E-state index contributed by atoms with van der Waals surface area (Å²) in [6.07, 6.45) is 0. The Morgan fingerprint density at radius 3 is 1.89 bits per heavy atom. The van der Waals surface area contributed by atoms with Gasteiger partial charge in [-0.15, -0.1) is 0 Å². The zero-order valence-electron chi connectivity index (χ0n) is 12.4. The van der Waals surface area contributed by atoms with E-state index < -0.39 is 0 Å². The SMILES string of the molecule is CC.COc1ccc(C)cc1Oc1ccc(C)cc1. The van der Waals surface area contributed by atoms with Crippen molar-refractivity contribution in [3.05, 3.63) is 53.6 Å². The van der Waals surface area contributed by atoms with Crippen molar-refractivity contribution in [2.45, 2.75) is 27.7 Å². The van der Waals surface area contributed by atoms with Gasteiger partial charge in [0.25, 0.3) is 0 Å². The van der Waals surface area contributed by atoms with Crippen molar-refractivity contribution >= 4 is 0 Å². The van der Waals surface area contributed by atoms with Gasteiger partial charge in [0.2, 0.25) is 0 Å². The Labute approximate surface area is 116 Å². The molecular formula is C17H22O2. The highest BCUT2D eigenvalue weighted by Crippen LogP contribution is 2.32. The minimum absolute atomic E-state index is 0.746. The quantitative estimate of drug-likeness (QED) is 0.759. The number of hydrogen-bond donors (Lipinski definition) is 0. The highest BCUT2D eigenvalue weighted by atomic mass is 16.5. The molecule has 102 valence electrons. The van der Waals surface area contributed by atoms with Crippen LogP contribution >= 0.6 is 0 Å². The van der Waals surface area contributed by atoms with Gasteiger partial charge in [0.05, 0.1) is 7.11 Å². The molecule has 0 aliphatic heterocycles. The van der Waals surface area contributed by atoms with Gasteiger partial charge in [-0.2, -0.15) is 0 Å². The number of methoxy groups -OCH3 is 1. The van der Waals surface area contributed by atoms with Crippen molar-refractivity contribution < 1.29 is 9.47 Å². The average molecular weight is 258 g/mol.